The van der Waals surface area contributed by atoms with Crippen LogP contribution in [0.3, 0.4) is 0 Å². The molecule has 0 fully saturated rings. The largest absolute Gasteiger partial charge is 0.439 e. The van der Waals surface area contributed by atoms with E-state index in [0.29, 0.717) is 5.88 Å². The van der Waals surface area contributed by atoms with E-state index in [4.69, 9.17) is 4.74 Å². The number of unbranched alkanes of at least 4 members (excludes halogenated alkanes) is 1. The average Bonchev–Trinajstić information content (AvgIpc) is 2.46. The highest BCUT2D eigenvalue weighted by Gasteiger charge is 2.05. The fourth-order valence-electron chi connectivity index (χ4n) is 2.06. The Labute approximate surface area is 134 Å². The molecule has 112 valence electrons. The Hall–Kier alpha value is -1.42. The van der Waals surface area contributed by atoms with E-state index in [0.717, 1.165) is 35.4 Å². The van der Waals surface area contributed by atoms with Crippen molar-refractivity contribution in [2.45, 2.75) is 46.0 Å². The molecule has 4 heteroatoms. The van der Waals surface area contributed by atoms with Crippen molar-refractivity contribution in [2.24, 2.45) is 0 Å². The molecular formula is C17H21BrN2O. The van der Waals surface area contributed by atoms with Gasteiger partial charge in [-0.3, -0.25) is 0 Å². The van der Waals surface area contributed by atoms with Crippen molar-refractivity contribution >= 4 is 15.9 Å². The third-order valence-corrected chi connectivity index (χ3v) is 3.56. The molecule has 1 aromatic heterocycles. The zero-order chi connectivity index (χ0) is 15.1. The quantitative estimate of drug-likeness (QED) is 0.634. The summed E-state index contributed by atoms with van der Waals surface area (Å²) in [6, 6.07) is 10.0. The Morgan fingerprint density at radius 3 is 2.43 bits per heavy atom. The molecule has 0 radical (unpaired) electrons. The first kappa shape index (κ1) is 16.0. The molecule has 0 unspecified atom stereocenters. The van der Waals surface area contributed by atoms with Crippen LogP contribution in [0.1, 0.15) is 44.5 Å². The zero-order valence-corrected chi connectivity index (χ0v) is 14.2. The SMILES string of the molecule is CCCCc1ccc(Oc2cc(Br)nc(CCC)n2)cc1. The Morgan fingerprint density at radius 1 is 1.00 bits per heavy atom. The molecule has 0 saturated heterocycles. The van der Waals surface area contributed by atoms with Crippen LogP contribution >= 0.6 is 15.9 Å². The minimum absolute atomic E-state index is 0.585. The van der Waals surface area contributed by atoms with Crippen molar-refractivity contribution in [2.75, 3.05) is 0 Å². The summed E-state index contributed by atoms with van der Waals surface area (Å²) in [6.07, 6.45) is 5.43. The molecule has 0 N–H and O–H groups in total. The highest BCUT2D eigenvalue weighted by atomic mass is 79.9. The van der Waals surface area contributed by atoms with Crippen molar-refractivity contribution in [1.29, 1.82) is 0 Å². The van der Waals surface area contributed by atoms with Crippen LogP contribution in [0.5, 0.6) is 11.6 Å². The zero-order valence-electron chi connectivity index (χ0n) is 12.6. The second kappa shape index (κ2) is 8.13. The summed E-state index contributed by atoms with van der Waals surface area (Å²) >= 11 is 3.41. The maximum atomic E-state index is 5.82. The summed E-state index contributed by atoms with van der Waals surface area (Å²) < 4.78 is 6.58. The van der Waals surface area contributed by atoms with Crippen LogP contribution in [-0.2, 0) is 12.8 Å². The number of benzene rings is 1. The minimum atomic E-state index is 0.585. The van der Waals surface area contributed by atoms with Crippen molar-refractivity contribution in [1.82, 2.24) is 9.97 Å². The number of ether oxygens (including phenoxy) is 1. The van der Waals surface area contributed by atoms with Crippen molar-refractivity contribution in [3.63, 3.8) is 0 Å². The Kier molecular flexibility index (Phi) is 6.18. The van der Waals surface area contributed by atoms with Gasteiger partial charge in [-0.15, -0.1) is 0 Å². The van der Waals surface area contributed by atoms with Crippen LogP contribution in [0.4, 0.5) is 0 Å². The number of hydrogen-bond acceptors (Lipinski definition) is 3. The fraction of sp³-hybridized carbons (Fsp3) is 0.412. The van der Waals surface area contributed by atoms with Gasteiger partial charge in [-0.25, -0.2) is 4.98 Å². The topological polar surface area (TPSA) is 35.0 Å². The lowest BCUT2D eigenvalue weighted by molar-refractivity contribution is 0.457. The minimum Gasteiger partial charge on any atom is -0.439 e. The molecule has 0 saturated carbocycles. The third kappa shape index (κ3) is 5.12. The lowest BCUT2D eigenvalue weighted by Crippen LogP contribution is -1.98. The molecule has 21 heavy (non-hydrogen) atoms. The first-order valence-corrected chi connectivity index (χ1v) is 8.30. The van der Waals surface area contributed by atoms with Crippen LogP contribution in [0, 0.1) is 0 Å². The van der Waals surface area contributed by atoms with Gasteiger partial charge in [0.2, 0.25) is 5.88 Å². The van der Waals surface area contributed by atoms with Crippen LogP contribution in [0.25, 0.3) is 0 Å². The monoisotopic (exact) mass is 348 g/mol. The third-order valence-electron chi connectivity index (χ3n) is 3.16. The van der Waals surface area contributed by atoms with E-state index in [1.807, 2.05) is 12.1 Å². The van der Waals surface area contributed by atoms with Gasteiger partial charge in [0.15, 0.2) is 0 Å². The van der Waals surface area contributed by atoms with Crippen molar-refractivity contribution < 1.29 is 4.74 Å². The van der Waals surface area contributed by atoms with Crippen LogP contribution < -0.4 is 4.74 Å². The summed E-state index contributed by atoms with van der Waals surface area (Å²) in [4.78, 5) is 8.77. The lowest BCUT2D eigenvalue weighted by atomic mass is 10.1. The second-order valence-corrected chi connectivity index (χ2v) is 5.86. The van der Waals surface area contributed by atoms with Gasteiger partial charge in [0, 0.05) is 12.5 Å². The molecule has 0 bridgehead atoms. The molecule has 0 aliphatic heterocycles. The summed E-state index contributed by atoms with van der Waals surface area (Å²) in [5.41, 5.74) is 1.35. The predicted octanol–water partition coefficient (Wildman–Crippen LogP) is 5.33. The molecule has 2 aromatic rings. The number of aryl methyl sites for hydroxylation is 2. The Bertz CT molecular complexity index is 570. The Morgan fingerprint density at radius 2 is 1.76 bits per heavy atom. The van der Waals surface area contributed by atoms with E-state index < -0.39 is 0 Å². The molecule has 3 nitrogen and oxygen atoms in total. The summed E-state index contributed by atoms with van der Waals surface area (Å²) in [7, 11) is 0. The average molecular weight is 349 g/mol. The predicted molar refractivity (Wildman–Crippen MR) is 88.9 cm³/mol. The smallest absolute Gasteiger partial charge is 0.223 e. The summed E-state index contributed by atoms with van der Waals surface area (Å²) in [6.45, 7) is 4.32. The van der Waals surface area contributed by atoms with Crippen molar-refractivity contribution in [3.8, 4) is 11.6 Å². The highest BCUT2D eigenvalue weighted by Crippen LogP contribution is 2.23. The van der Waals surface area contributed by atoms with Gasteiger partial charge in [0.1, 0.15) is 16.2 Å². The Balaban J connectivity index is 2.07. The van der Waals surface area contributed by atoms with E-state index in [1.165, 1.54) is 18.4 Å². The van der Waals surface area contributed by atoms with Crippen molar-refractivity contribution in [3.05, 3.63) is 46.3 Å². The first-order chi connectivity index (χ1) is 10.2. The maximum Gasteiger partial charge on any atom is 0.223 e. The lowest BCUT2D eigenvalue weighted by Gasteiger charge is -2.08. The molecule has 0 aliphatic rings. The van der Waals surface area contributed by atoms with Gasteiger partial charge < -0.3 is 4.74 Å². The number of nitrogens with zero attached hydrogens (tertiary/aromatic N) is 2. The standard InChI is InChI=1S/C17H21BrN2O/c1-3-5-7-13-8-10-14(11-9-13)21-17-12-15(18)19-16(20-17)6-4-2/h8-12H,3-7H2,1-2H3. The molecular weight excluding hydrogens is 328 g/mol. The normalized spacial score (nSPS) is 10.6. The van der Waals surface area contributed by atoms with Gasteiger partial charge in [-0.05, 0) is 52.9 Å². The first-order valence-electron chi connectivity index (χ1n) is 7.51. The highest BCUT2D eigenvalue weighted by molar-refractivity contribution is 9.10. The molecule has 2 rings (SSSR count). The maximum absolute atomic E-state index is 5.82. The fourth-order valence-corrected chi connectivity index (χ4v) is 2.46. The van der Waals surface area contributed by atoms with Crippen LogP contribution in [0.15, 0.2) is 34.9 Å². The molecule has 0 atom stereocenters. The number of rotatable bonds is 7. The van der Waals surface area contributed by atoms with E-state index >= 15 is 0 Å². The number of aromatic nitrogens is 2. The van der Waals surface area contributed by atoms with Gasteiger partial charge in [0.25, 0.3) is 0 Å². The van der Waals surface area contributed by atoms with Gasteiger partial charge in [0.05, 0.1) is 0 Å². The van der Waals surface area contributed by atoms with Gasteiger partial charge >= 0.3 is 0 Å². The van der Waals surface area contributed by atoms with Crippen LogP contribution in [0.2, 0.25) is 0 Å². The van der Waals surface area contributed by atoms with E-state index in [-0.39, 0.29) is 0 Å². The summed E-state index contributed by atoms with van der Waals surface area (Å²) in [5.74, 6) is 2.20. The van der Waals surface area contributed by atoms with Gasteiger partial charge in [-0.1, -0.05) is 32.4 Å². The van der Waals surface area contributed by atoms with E-state index in [2.05, 4.69) is 51.9 Å². The molecule has 0 spiro atoms. The number of halogens is 1. The van der Waals surface area contributed by atoms with E-state index in [1.54, 1.807) is 6.07 Å². The molecule has 1 aromatic carbocycles. The van der Waals surface area contributed by atoms with Crippen LogP contribution in [-0.4, -0.2) is 9.97 Å². The summed E-state index contributed by atoms with van der Waals surface area (Å²) in [5, 5.41) is 0. The van der Waals surface area contributed by atoms with Gasteiger partial charge in [-0.2, -0.15) is 4.98 Å². The second-order valence-electron chi connectivity index (χ2n) is 5.04. The molecule has 1 heterocycles. The molecule has 0 aliphatic carbocycles. The number of hydrogen-bond donors (Lipinski definition) is 0. The van der Waals surface area contributed by atoms with E-state index in [9.17, 15) is 0 Å². The molecule has 0 amide bonds.